The highest BCUT2D eigenvalue weighted by atomic mass is 16.3. The number of ketones is 1. The lowest BCUT2D eigenvalue weighted by molar-refractivity contribution is -0.119. The molecule has 0 saturated heterocycles. The Labute approximate surface area is 132 Å². The van der Waals surface area contributed by atoms with Crippen LogP contribution in [0.5, 0.6) is 0 Å². The molecule has 0 heterocycles. The van der Waals surface area contributed by atoms with Gasteiger partial charge in [-0.15, -0.1) is 0 Å². The van der Waals surface area contributed by atoms with E-state index >= 15 is 0 Å². The molecule has 3 saturated carbocycles. The Bertz CT molecular complexity index is 539. The zero-order chi connectivity index (χ0) is 15.7. The molecule has 0 aromatic heterocycles. The van der Waals surface area contributed by atoms with Gasteiger partial charge in [-0.3, -0.25) is 4.79 Å². The Kier molecular flexibility index (Phi) is 3.16. The minimum Gasteiger partial charge on any atom is -0.393 e. The summed E-state index contributed by atoms with van der Waals surface area (Å²) in [6.45, 7) is 4.54. The number of aliphatic hydroxyl groups excluding tert-OH is 2. The van der Waals surface area contributed by atoms with Crippen molar-refractivity contribution >= 4 is 5.78 Å². The summed E-state index contributed by atoms with van der Waals surface area (Å²) in [6, 6.07) is 0. The normalized spacial score (nSPS) is 54.3. The zero-order valence-electron chi connectivity index (χ0n) is 13.7. The van der Waals surface area contributed by atoms with Crippen molar-refractivity contribution in [2.75, 3.05) is 0 Å². The van der Waals surface area contributed by atoms with Gasteiger partial charge in [-0.1, -0.05) is 19.4 Å². The maximum absolute atomic E-state index is 11.8. The van der Waals surface area contributed by atoms with Crippen molar-refractivity contribution in [3.63, 3.8) is 0 Å². The van der Waals surface area contributed by atoms with Crippen LogP contribution in [-0.4, -0.2) is 28.2 Å². The summed E-state index contributed by atoms with van der Waals surface area (Å²) in [7, 11) is 0. The Balaban J connectivity index is 1.71. The summed E-state index contributed by atoms with van der Waals surface area (Å²) in [5.74, 6) is 1.60. The Morgan fingerprint density at radius 1 is 1.14 bits per heavy atom. The maximum Gasteiger partial charge on any atom is 0.155 e. The van der Waals surface area contributed by atoms with Crippen molar-refractivity contribution in [3.8, 4) is 0 Å². The van der Waals surface area contributed by atoms with Crippen molar-refractivity contribution in [1.82, 2.24) is 0 Å². The van der Waals surface area contributed by atoms with Crippen molar-refractivity contribution in [3.05, 3.63) is 11.6 Å². The number of hydrogen-bond acceptors (Lipinski definition) is 3. The summed E-state index contributed by atoms with van der Waals surface area (Å²) < 4.78 is 0. The molecule has 0 spiro atoms. The third-order valence-electron chi connectivity index (χ3n) is 7.90. The second-order valence-electron chi connectivity index (χ2n) is 8.75. The standard InChI is InChI=1S/C19H28O3/c1-18-7-5-12(20)9-11(18)3-4-13-14(18)6-8-19(2)16(22)10-15(21)17(13)19/h9,13-17,21-22H,3-8,10H2,1-2H3/t13-,14+,15?,16+,17+,18+,19-/m1/s1. The van der Waals surface area contributed by atoms with Crippen LogP contribution in [0.2, 0.25) is 0 Å². The van der Waals surface area contributed by atoms with Crippen LogP contribution in [-0.2, 0) is 4.79 Å². The number of allylic oxidation sites excluding steroid dienone is 1. The topological polar surface area (TPSA) is 57.5 Å². The van der Waals surface area contributed by atoms with E-state index in [-0.39, 0.29) is 29.0 Å². The van der Waals surface area contributed by atoms with Crippen LogP contribution < -0.4 is 0 Å². The van der Waals surface area contributed by atoms with Gasteiger partial charge in [-0.2, -0.15) is 0 Å². The molecule has 22 heavy (non-hydrogen) atoms. The molecule has 3 heteroatoms. The summed E-state index contributed by atoms with van der Waals surface area (Å²) in [5, 5.41) is 21.1. The number of hydrogen-bond donors (Lipinski definition) is 2. The second kappa shape index (κ2) is 4.67. The van der Waals surface area contributed by atoms with E-state index in [1.165, 1.54) is 5.57 Å². The molecule has 0 amide bonds. The van der Waals surface area contributed by atoms with Gasteiger partial charge in [0.15, 0.2) is 5.78 Å². The highest BCUT2D eigenvalue weighted by Gasteiger charge is 2.61. The number of carbonyl (C=O) groups excluding carboxylic acids is 1. The molecule has 0 aromatic carbocycles. The van der Waals surface area contributed by atoms with Gasteiger partial charge in [0.05, 0.1) is 12.2 Å². The second-order valence-corrected chi connectivity index (χ2v) is 8.75. The predicted molar refractivity (Wildman–Crippen MR) is 84.1 cm³/mol. The van der Waals surface area contributed by atoms with Gasteiger partial charge in [0.25, 0.3) is 0 Å². The lowest BCUT2D eigenvalue weighted by atomic mass is 9.47. The van der Waals surface area contributed by atoms with E-state index in [1.54, 1.807) is 0 Å². The molecular formula is C19H28O3. The fourth-order valence-electron chi connectivity index (χ4n) is 6.59. The highest BCUT2D eigenvalue weighted by molar-refractivity contribution is 5.91. The van der Waals surface area contributed by atoms with Crippen molar-refractivity contribution < 1.29 is 15.0 Å². The van der Waals surface area contributed by atoms with E-state index in [0.717, 1.165) is 32.1 Å². The van der Waals surface area contributed by atoms with E-state index in [9.17, 15) is 15.0 Å². The van der Waals surface area contributed by atoms with E-state index in [4.69, 9.17) is 0 Å². The van der Waals surface area contributed by atoms with E-state index in [1.807, 2.05) is 6.08 Å². The molecule has 0 radical (unpaired) electrons. The van der Waals surface area contributed by atoms with Crippen molar-refractivity contribution in [2.24, 2.45) is 28.6 Å². The minimum atomic E-state index is -0.355. The molecule has 2 N–H and O–H groups in total. The zero-order valence-corrected chi connectivity index (χ0v) is 13.7. The molecule has 0 aliphatic heterocycles. The highest BCUT2D eigenvalue weighted by Crippen LogP contribution is 2.65. The van der Waals surface area contributed by atoms with Crippen LogP contribution in [0.25, 0.3) is 0 Å². The van der Waals surface area contributed by atoms with Gasteiger partial charge < -0.3 is 10.2 Å². The Hall–Kier alpha value is -0.670. The van der Waals surface area contributed by atoms with Crippen LogP contribution in [0.4, 0.5) is 0 Å². The van der Waals surface area contributed by atoms with Crippen LogP contribution >= 0.6 is 0 Å². The first-order valence-corrected chi connectivity index (χ1v) is 8.96. The maximum atomic E-state index is 11.8. The SMILES string of the molecule is C[C@]12CC[C@H]3[C@@H](CCC4=CC(=O)CC[C@@]43C)[C@H]1C(O)C[C@@H]2O. The number of fused-ring (bicyclic) bond motifs is 5. The van der Waals surface area contributed by atoms with Crippen LogP contribution in [0, 0.1) is 28.6 Å². The van der Waals surface area contributed by atoms with Crippen molar-refractivity contribution in [2.45, 2.75) is 71.0 Å². The molecule has 4 aliphatic carbocycles. The molecule has 0 aromatic rings. The fourth-order valence-corrected chi connectivity index (χ4v) is 6.59. The van der Waals surface area contributed by atoms with E-state index in [2.05, 4.69) is 13.8 Å². The molecular weight excluding hydrogens is 276 g/mol. The van der Waals surface area contributed by atoms with Crippen LogP contribution in [0.1, 0.15) is 58.8 Å². The smallest absolute Gasteiger partial charge is 0.155 e. The summed E-state index contributed by atoms with van der Waals surface area (Å²) in [5.41, 5.74) is 1.40. The number of rotatable bonds is 0. The monoisotopic (exact) mass is 304 g/mol. The van der Waals surface area contributed by atoms with Crippen LogP contribution in [0.3, 0.4) is 0 Å². The van der Waals surface area contributed by atoms with E-state index in [0.29, 0.717) is 30.5 Å². The molecule has 4 aliphatic rings. The molecule has 0 bridgehead atoms. The first-order chi connectivity index (χ1) is 10.4. The Morgan fingerprint density at radius 3 is 2.68 bits per heavy atom. The van der Waals surface area contributed by atoms with Gasteiger partial charge in [0.1, 0.15) is 0 Å². The first kappa shape index (κ1) is 14.9. The average molecular weight is 304 g/mol. The quantitative estimate of drug-likeness (QED) is 0.723. The third kappa shape index (κ3) is 1.78. The lowest BCUT2D eigenvalue weighted by Gasteiger charge is -2.58. The van der Waals surface area contributed by atoms with Crippen molar-refractivity contribution in [1.29, 1.82) is 0 Å². The lowest BCUT2D eigenvalue weighted by Crippen LogP contribution is -2.52. The molecule has 122 valence electrons. The van der Waals surface area contributed by atoms with Gasteiger partial charge in [-0.05, 0) is 66.8 Å². The molecule has 3 fully saturated rings. The predicted octanol–water partition coefficient (Wildman–Crippen LogP) is 2.85. The Morgan fingerprint density at radius 2 is 1.91 bits per heavy atom. The summed E-state index contributed by atoms with van der Waals surface area (Å²) in [4.78, 5) is 11.8. The van der Waals surface area contributed by atoms with Gasteiger partial charge in [0, 0.05) is 12.8 Å². The first-order valence-electron chi connectivity index (χ1n) is 8.96. The molecule has 7 atom stereocenters. The molecule has 1 unspecified atom stereocenters. The van der Waals surface area contributed by atoms with E-state index < -0.39 is 0 Å². The largest absolute Gasteiger partial charge is 0.393 e. The van der Waals surface area contributed by atoms with Gasteiger partial charge >= 0.3 is 0 Å². The third-order valence-corrected chi connectivity index (χ3v) is 7.90. The number of carbonyl (C=O) groups is 1. The summed E-state index contributed by atoms with van der Waals surface area (Å²) in [6.07, 6.45) is 7.62. The minimum absolute atomic E-state index is 0.108. The van der Waals surface area contributed by atoms with Gasteiger partial charge in [0.2, 0.25) is 0 Å². The molecule has 4 rings (SSSR count). The summed E-state index contributed by atoms with van der Waals surface area (Å²) >= 11 is 0. The van der Waals surface area contributed by atoms with Gasteiger partial charge in [-0.25, -0.2) is 0 Å². The average Bonchev–Trinajstić information content (AvgIpc) is 2.70. The van der Waals surface area contributed by atoms with Crippen LogP contribution in [0.15, 0.2) is 11.6 Å². The fraction of sp³-hybridized carbons (Fsp3) is 0.842. The number of aliphatic hydroxyl groups is 2. The molecule has 3 nitrogen and oxygen atoms in total.